The number of anilines is 2. The maximum atomic E-state index is 12.4. The predicted molar refractivity (Wildman–Crippen MR) is 87.3 cm³/mol. The summed E-state index contributed by atoms with van der Waals surface area (Å²) in [4.78, 5) is 14.4. The molecule has 1 saturated heterocycles. The molecule has 2 N–H and O–H groups in total. The summed E-state index contributed by atoms with van der Waals surface area (Å²) in [7, 11) is 3.96. The van der Waals surface area contributed by atoms with E-state index in [0.29, 0.717) is 6.04 Å². The highest BCUT2D eigenvalue weighted by molar-refractivity contribution is 9.10. The third kappa shape index (κ3) is 3.73. The first-order valence-corrected chi connectivity index (χ1v) is 7.78. The van der Waals surface area contributed by atoms with Gasteiger partial charge in [-0.2, -0.15) is 0 Å². The van der Waals surface area contributed by atoms with Crippen molar-refractivity contribution in [3.05, 3.63) is 22.7 Å². The van der Waals surface area contributed by atoms with Gasteiger partial charge in [0, 0.05) is 30.5 Å². The van der Waals surface area contributed by atoms with Crippen molar-refractivity contribution in [1.29, 1.82) is 0 Å². The van der Waals surface area contributed by atoms with E-state index in [2.05, 4.69) is 33.5 Å². The van der Waals surface area contributed by atoms with Crippen LogP contribution in [0.1, 0.15) is 19.8 Å². The molecule has 1 fully saturated rings. The Hall–Kier alpha value is -1.07. The second kappa shape index (κ2) is 6.59. The van der Waals surface area contributed by atoms with E-state index in [-0.39, 0.29) is 11.8 Å². The third-order valence-electron chi connectivity index (χ3n) is 3.69. The van der Waals surface area contributed by atoms with Crippen LogP contribution in [-0.2, 0) is 4.79 Å². The lowest BCUT2D eigenvalue weighted by atomic mass is 9.92. The van der Waals surface area contributed by atoms with E-state index >= 15 is 0 Å². The molecule has 2 atom stereocenters. The van der Waals surface area contributed by atoms with Gasteiger partial charge >= 0.3 is 0 Å². The smallest absolute Gasteiger partial charge is 0.227 e. The van der Waals surface area contributed by atoms with Gasteiger partial charge in [-0.05, 0) is 44.5 Å². The SMILES string of the molecule is CC1CC(C(=O)Nc2cc(Br)ccc2N(C)C)CCN1. The van der Waals surface area contributed by atoms with Gasteiger partial charge in [0.05, 0.1) is 11.4 Å². The van der Waals surface area contributed by atoms with Crippen LogP contribution in [0.5, 0.6) is 0 Å². The molecule has 0 spiro atoms. The average molecular weight is 340 g/mol. The Morgan fingerprint density at radius 1 is 1.45 bits per heavy atom. The van der Waals surface area contributed by atoms with E-state index in [0.717, 1.165) is 35.2 Å². The van der Waals surface area contributed by atoms with Crippen LogP contribution in [-0.4, -0.2) is 32.6 Å². The number of nitrogens with zero attached hydrogens (tertiary/aromatic N) is 1. The molecule has 5 heteroatoms. The molecule has 0 bridgehead atoms. The zero-order valence-electron chi connectivity index (χ0n) is 12.2. The molecular formula is C15H22BrN3O. The number of rotatable bonds is 3. The molecule has 110 valence electrons. The molecule has 1 aromatic carbocycles. The zero-order chi connectivity index (χ0) is 14.7. The van der Waals surface area contributed by atoms with Gasteiger partial charge in [-0.25, -0.2) is 0 Å². The van der Waals surface area contributed by atoms with Crippen molar-refractivity contribution in [2.75, 3.05) is 30.9 Å². The van der Waals surface area contributed by atoms with Crippen LogP contribution < -0.4 is 15.5 Å². The van der Waals surface area contributed by atoms with E-state index in [4.69, 9.17) is 0 Å². The third-order valence-corrected chi connectivity index (χ3v) is 4.19. The Kier molecular flexibility index (Phi) is 5.05. The minimum atomic E-state index is 0.0974. The van der Waals surface area contributed by atoms with Crippen LogP contribution in [0, 0.1) is 5.92 Å². The fourth-order valence-electron chi connectivity index (χ4n) is 2.60. The van der Waals surface area contributed by atoms with Gasteiger partial charge in [0.25, 0.3) is 0 Å². The highest BCUT2D eigenvalue weighted by Gasteiger charge is 2.25. The van der Waals surface area contributed by atoms with Crippen LogP contribution in [0.4, 0.5) is 11.4 Å². The van der Waals surface area contributed by atoms with Crippen molar-refractivity contribution in [3.8, 4) is 0 Å². The summed E-state index contributed by atoms with van der Waals surface area (Å²) >= 11 is 3.46. The van der Waals surface area contributed by atoms with Gasteiger partial charge in [-0.1, -0.05) is 15.9 Å². The van der Waals surface area contributed by atoms with Crippen molar-refractivity contribution in [2.45, 2.75) is 25.8 Å². The molecule has 20 heavy (non-hydrogen) atoms. The Labute approximate surface area is 129 Å². The molecule has 1 aromatic rings. The fourth-order valence-corrected chi connectivity index (χ4v) is 2.96. The van der Waals surface area contributed by atoms with E-state index in [1.165, 1.54) is 0 Å². The van der Waals surface area contributed by atoms with Crippen molar-refractivity contribution >= 4 is 33.2 Å². The van der Waals surface area contributed by atoms with E-state index in [1.807, 2.05) is 37.2 Å². The molecule has 0 saturated carbocycles. The predicted octanol–water partition coefficient (Wildman–Crippen LogP) is 2.84. The van der Waals surface area contributed by atoms with Crippen molar-refractivity contribution < 1.29 is 4.79 Å². The van der Waals surface area contributed by atoms with Crippen molar-refractivity contribution in [2.24, 2.45) is 5.92 Å². The molecular weight excluding hydrogens is 318 g/mol. The zero-order valence-corrected chi connectivity index (χ0v) is 13.8. The molecule has 1 heterocycles. The number of piperidine rings is 1. The van der Waals surface area contributed by atoms with Gasteiger partial charge in [0.1, 0.15) is 0 Å². The Balaban J connectivity index is 2.12. The van der Waals surface area contributed by atoms with Gasteiger partial charge < -0.3 is 15.5 Å². The summed E-state index contributed by atoms with van der Waals surface area (Å²) in [6.07, 6.45) is 1.80. The van der Waals surface area contributed by atoms with Gasteiger partial charge in [0.2, 0.25) is 5.91 Å². The summed E-state index contributed by atoms with van der Waals surface area (Å²) in [5, 5.41) is 6.46. The van der Waals surface area contributed by atoms with E-state index in [9.17, 15) is 4.79 Å². The molecule has 2 unspecified atom stereocenters. The molecule has 1 aliphatic heterocycles. The number of carbonyl (C=O) groups excluding carboxylic acids is 1. The van der Waals surface area contributed by atoms with Gasteiger partial charge in [0.15, 0.2) is 0 Å². The molecule has 0 aliphatic carbocycles. The molecule has 1 aliphatic rings. The lowest BCUT2D eigenvalue weighted by Gasteiger charge is -2.28. The highest BCUT2D eigenvalue weighted by atomic mass is 79.9. The summed E-state index contributed by atoms with van der Waals surface area (Å²) in [6.45, 7) is 3.04. The van der Waals surface area contributed by atoms with Crippen molar-refractivity contribution in [1.82, 2.24) is 5.32 Å². The minimum absolute atomic E-state index is 0.0974. The maximum Gasteiger partial charge on any atom is 0.227 e. The highest BCUT2D eigenvalue weighted by Crippen LogP contribution is 2.29. The first kappa shape index (κ1) is 15.3. The maximum absolute atomic E-state index is 12.4. The lowest BCUT2D eigenvalue weighted by Crippen LogP contribution is -2.40. The number of nitrogens with one attached hydrogen (secondary N) is 2. The first-order valence-electron chi connectivity index (χ1n) is 6.98. The molecule has 0 radical (unpaired) electrons. The number of halogens is 1. The number of carbonyl (C=O) groups is 1. The summed E-state index contributed by atoms with van der Waals surface area (Å²) < 4.78 is 0.970. The minimum Gasteiger partial charge on any atom is -0.376 e. The topological polar surface area (TPSA) is 44.4 Å². The lowest BCUT2D eigenvalue weighted by molar-refractivity contribution is -0.120. The van der Waals surface area contributed by atoms with Crippen LogP contribution in [0.25, 0.3) is 0 Å². The van der Waals surface area contributed by atoms with Crippen LogP contribution in [0.2, 0.25) is 0 Å². The standard InChI is InChI=1S/C15H22BrN3O/c1-10-8-11(6-7-17-10)15(20)18-13-9-12(16)4-5-14(13)19(2)3/h4-5,9-11,17H,6-8H2,1-3H3,(H,18,20). The Morgan fingerprint density at radius 2 is 2.20 bits per heavy atom. The van der Waals surface area contributed by atoms with Crippen LogP contribution in [0.15, 0.2) is 22.7 Å². The van der Waals surface area contributed by atoms with Gasteiger partial charge in [-0.15, -0.1) is 0 Å². The molecule has 0 aromatic heterocycles. The normalized spacial score (nSPS) is 22.4. The summed E-state index contributed by atoms with van der Waals surface area (Å²) in [6, 6.07) is 6.36. The second-order valence-corrected chi connectivity index (χ2v) is 6.54. The van der Waals surface area contributed by atoms with Crippen LogP contribution in [0.3, 0.4) is 0 Å². The number of hydrogen-bond donors (Lipinski definition) is 2. The van der Waals surface area contributed by atoms with Crippen LogP contribution >= 0.6 is 15.9 Å². The second-order valence-electron chi connectivity index (χ2n) is 5.62. The number of amides is 1. The monoisotopic (exact) mass is 339 g/mol. The van der Waals surface area contributed by atoms with Gasteiger partial charge in [-0.3, -0.25) is 4.79 Å². The molecule has 2 rings (SSSR count). The average Bonchev–Trinajstić information content (AvgIpc) is 2.38. The summed E-state index contributed by atoms with van der Waals surface area (Å²) in [5.74, 6) is 0.222. The molecule has 4 nitrogen and oxygen atoms in total. The summed E-state index contributed by atoms with van der Waals surface area (Å²) in [5.41, 5.74) is 1.88. The number of benzene rings is 1. The van der Waals surface area contributed by atoms with E-state index < -0.39 is 0 Å². The first-order chi connectivity index (χ1) is 9.47. The largest absolute Gasteiger partial charge is 0.376 e. The Morgan fingerprint density at radius 3 is 2.85 bits per heavy atom. The number of hydrogen-bond acceptors (Lipinski definition) is 3. The fraction of sp³-hybridized carbons (Fsp3) is 0.533. The Bertz CT molecular complexity index is 490. The quantitative estimate of drug-likeness (QED) is 0.889. The van der Waals surface area contributed by atoms with E-state index in [1.54, 1.807) is 0 Å². The van der Waals surface area contributed by atoms with Crippen molar-refractivity contribution in [3.63, 3.8) is 0 Å². The molecule has 1 amide bonds.